The van der Waals surface area contributed by atoms with Crippen molar-refractivity contribution in [3.8, 4) is 5.75 Å². The molecule has 0 aromatic heterocycles. The minimum absolute atomic E-state index is 0.102. The number of nitrogens with zero attached hydrogens (tertiary/aromatic N) is 1. The second kappa shape index (κ2) is 9.75. The average molecular weight is 455 g/mol. The van der Waals surface area contributed by atoms with Gasteiger partial charge in [-0.05, 0) is 61.2 Å². The molecule has 34 heavy (non-hydrogen) atoms. The van der Waals surface area contributed by atoms with E-state index in [0.29, 0.717) is 30.0 Å². The molecule has 172 valence electrons. The highest BCUT2D eigenvalue weighted by molar-refractivity contribution is 6.39. The summed E-state index contributed by atoms with van der Waals surface area (Å²) in [6, 6.07) is 19.8. The number of barbiturate groups is 1. The van der Waals surface area contributed by atoms with Crippen LogP contribution >= 0.6 is 0 Å². The first kappa shape index (κ1) is 23.0. The molecule has 6 nitrogen and oxygen atoms in total. The van der Waals surface area contributed by atoms with Crippen LogP contribution in [0.5, 0.6) is 5.75 Å². The average Bonchev–Trinajstić information content (AvgIpc) is 2.81. The van der Waals surface area contributed by atoms with Crippen LogP contribution in [0.25, 0.3) is 6.08 Å². The van der Waals surface area contributed by atoms with Gasteiger partial charge in [0.15, 0.2) is 0 Å². The molecule has 0 unspecified atom stereocenters. The minimum atomic E-state index is -0.747. The number of anilines is 1. The van der Waals surface area contributed by atoms with Gasteiger partial charge < -0.3 is 4.74 Å². The standard InChI is InChI=1S/C28H26N2O4/c1-4-22-7-5-6-8-25(22)30-27(32)24(26(31)29-28(30)33)16-20-9-11-23(12-10-20)34-17-21-14-18(2)13-19(3)15-21/h5-16H,4,17H2,1-3H3,(H,29,31,33)/b24-16-. The molecule has 1 fully saturated rings. The first-order valence-corrected chi connectivity index (χ1v) is 11.1. The van der Waals surface area contributed by atoms with E-state index in [0.717, 1.165) is 16.0 Å². The number of benzene rings is 3. The van der Waals surface area contributed by atoms with Crippen LogP contribution in [0, 0.1) is 13.8 Å². The number of carbonyl (C=O) groups excluding carboxylic acids is 3. The fourth-order valence-corrected chi connectivity index (χ4v) is 4.05. The van der Waals surface area contributed by atoms with E-state index >= 15 is 0 Å². The van der Waals surface area contributed by atoms with Gasteiger partial charge in [-0.25, -0.2) is 9.69 Å². The number of rotatable bonds is 6. The highest BCUT2D eigenvalue weighted by Gasteiger charge is 2.37. The molecule has 4 rings (SSSR count). The zero-order valence-electron chi connectivity index (χ0n) is 19.4. The largest absolute Gasteiger partial charge is 0.489 e. The number of hydrogen-bond acceptors (Lipinski definition) is 4. The summed E-state index contributed by atoms with van der Waals surface area (Å²) in [6.45, 7) is 6.49. The highest BCUT2D eigenvalue weighted by atomic mass is 16.5. The van der Waals surface area contributed by atoms with Crippen LogP contribution in [0.15, 0.2) is 72.3 Å². The van der Waals surface area contributed by atoms with Gasteiger partial charge in [-0.1, -0.05) is 66.6 Å². The Morgan fingerprint density at radius 2 is 1.59 bits per heavy atom. The monoisotopic (exact) mass is 454 g/mol. The maximum Gasteiger partial charge on any atom is 0.335 e. The Kier molecular flexibility index (Phi) is 6.59. The number of urea groups is 1. The minimum Gasteiger partial charge on any atom is -0.489 e. The second-order valence-electron chi connectivity index (χ2n) is 8.29. The normalized spacial score (nSPS) is 15.0. The molecular formula is C28H26N2O4. The third-order valence-corrected chi connectivity index (χ3v) is 5.59. The molecule has 0 aliphatic carbocycles. The van der Waals surface area contributed by atoms with Crippen LogP contribution in [-0.4, -0.2) is 17.8 Å². The van der Waals surface area contributed by atoms with E-state index in [1.807, 2.05) is 19.1 Å². The summed E-state index contributed by atoms with van der Waals surface area (Å²) < 4.78 is 5.88. The molecule has 0 radical (unpaired) electrons. The third-order valence-electron chi connectivity index (χ3n) is 5.59. The lowest BCUT2D eigenvalue weighted by molar-refractivity contribution is -0.122. The Hall–Kier alpha value is -4.19. The number of nitrogens with one attached hydrogen (secondary N) is 1. The number of ether oxygens (including phenoxy) is 1. The molecule has 1 aliphatic rings. The molecule has 0 spiro atoms. The van der Waals surface area contributed by atoms with Crippen molar-refractivity contribution in [3.05, 3.63) is 100 Å². The van der Waals surface area contributed by atoms with Crippen LogP contribution in [0.4, 0.5) is 10.5 Å². The molecule has 3 aromatic carbocycles. The SMILES string of the molecule is CCc1ccccc1N1C(=O)NC(=O)/C(=C/c2ccc(OCc3cc(C)cc(C)c3)cc2)C1=O. The van der Waals surface area contributed by atoms with Crippen molar-refractivity contribution < 1.29 is 19.1 Å². The lowest BCUT2D eigenvalue weighted by Gasteiger charge is -2.27. The van der Waals surface area contributed by atoms with Gasteiger partial charge in [0.1, 0.15) is 17.9 Å². The summed E-state index contributed by atoms with van der Waals surface area (Å²) in [6.07, 6.45) is 2.13. The van der Waals surface area contributed by atoms with Crippen LogP contribution in [-0.2, 0) is 22.6 Å². The number of hydrogen-bond donors (Lipinski definition) is 1. The Balaban J connectivity index is 1.53. The molecule has 0 saturated carbocycles. The predicted octanol–water partition coefficient (Wildman–Crippen LogP) is 5.11. The quantitative estimate of drug-likeness (QED) is 0.415. The lowest BCUT2D eigenvalue weighted by Crippen LogP contribution is -2.54. The molecule has 1 aliphatic heterocycles. The molecule has 1 saturated heterocycles. The van der Waals surface area contributed by atoms with Crippen molar-refractivity contribution in [1.29, 1.82) is 0 Å². The van der Waals surface area contributed by atoms with Gasteiger partial charge in [-0.15, -0.1) is 0 Å². The lowest BCUT2D eigenvalue weighted by atomic mass is 10.0. The summed E-state index contributed by atoms with van der Waals surface area (Å²) in [7, 11) is 0. The van der Waals surface area contributed by atoms with Crippen molar-refractivity contribution in [3.63, 3.8) is 0 Å². The van der Waals surface area contributed by atoms with Crippen LogP contribution in [0.1, 0.15) is 34.7 Å². The summed E-state index contributed by atoms with van der Waals surface area (Å²) in [4.78, 5) is 39.1. The Morgan fingerprint density at radius 3 is 2.26 bits per heavy atom. The van der Waals surface area contributed by atoms with Crippen LogP contribution in [0.3, 0.4) is 0 Å². The topological polar surface area (TPSA) is 75.7 Å². The molecule has 6 heteroatoms. The zero-order chi connectivity index (χ0) is 24.2. The Labute approximate surface area is 198 Å². The highest BCUT2D eigenvalue weighted by Crippen LogP contribution is 2.26. The van der Waals surface area contributed by atoms with Gasteiger partial charge in [0, 0.05) is 0 Å². The van der Waals surface area contributed by atoms with Crippen molar-refractivity contribution in [2.24, 2.45) is 0 Å². The maximum absolute atomic E-state index is 13.2. The van der Waals surface area contributed by atoms with E-state index in [1.54, 1.807) is 36.4 Å². The first-order chi connectivity index (χ1) is 16.4. The Bertz CT molecular complexity index is 1270. The molecule has 4 amide bonds. The second-order valence-corrected chi connectivity index (χ2v) is 8.29. The van der Waals surface area contributed by atoms with E-state index in [1.165, 1.54) is 17.2 Å². The molecule has 1 N–H and O–H groups in total. The number of carbonyl (C=O) groups is 3. The zero-order valence-corrected chi connectivity index (χ0v) is 19.4. The van der Waals surface area contributed by atoms with Crippen molar-refractivity contribution >= 4 is 29.6 Å². The van der Waals surface area contributed by atoms with Gasteiger partial charge in [0.2, 0.25) is 0 Å². The molecule has 1 heterocycles. The smallest absolute Gasteiger partial charge is 0.335 e. The summed E-state index contributed by atoms with van der Waals surface area (Å²) in [5.41, 5.74) is 5.32. The number of aryl methyl sites for hydroxylation is 3. The summed E-state index contributed by atoms with van der Waals surface area (Å²) in [5, 5.41) is 2.27. The molecule has 0 bridgehead atoms. The van der Waals surface area contributed by atoms with E-state index in [9.17, 15) is 14.4 Å². The fraction of sp³-hybridized carbons (Fsp3) is 0.179. The van der Waals surface area contributed by atoms with Gasteiger partial charge in [0.05, 0.1) is 5.69 Å². The van der Waals surface area contributed by atoms with E-state index in [2.05, 4.69) is 37.4 Å². The van der Waals surface area contributed by atoms with Gasteiger partial charge in [-0.3, -0.25) is 14.9 Å². The van der Waals surface area contributed by atoms with Crippen molar-refractivity contribution in [2.75, 3.05) is 4.90 Å². The van der Waals surface area contributed by atoms with E-state index < -0.39 is 17.8 Å². The third kappa shape index (κ3) is 4.91. The van der Waals surface area contributed by atoms with Gasteiger partial charge in [0.25, 0.3) is 11.8 Å². The predicted molar refractivity (Wildman–Crippen MR) is 132 cm³/mol. The summed E-state index contributed by atoms with van der Waals surface area (Å²) in [5.74, 6) is -0.686. The number of para-hydroxylation sites is 1. The van der Waals surface area contributed by atoms with Gasteiger partial charge >= 0.3 is 6.03 Å². The van der Waals surface area contributed by atoms with E-state index in [-0.39, 0.29) is 5.57 Å². The summed E-state index contributed by atoms with van der Waals surface area (Å²) >= 11 is 0. The number of imide groups is 2. The molecule has 0 atom stereocenters. The fourth-order valence-electron chi connectivity index (χ4n) is 4.05. The maximum atomic E-state index is 13.2. The Morgan fingerprint density at radius 1 is 0.912 bits per heavy atom. The van der Waals surface area contributed by atoms with E-state index in [4.69, 9.17) is 4.74 Å². The van der Waals surface area contributed by atoms with Gasteiger partial charge in [-0.2, -0.15) is 0 Å². The van der Waals surface area contributed by atoms with Crippen LogP contribution < -0.4 is 15.0 Å². The van der Waals surface area contributed by atoms with Crippen molar-refractivity contribution in [2.45, 2.75) is 33.8 Å². The first-order valence-electron chi connectivity index (χ1n) is 11.1. The molecular weight excluding hydrogens is 428 g/mol. The van der Waals surface area contributed by atoms with Crippen LogP contribution in [0.2, 0.25) is 0 Å². The number of amides is 4. The van der Waals surface area contributed by atoms with Crippen molar-refractivity contribution in [1.82, 2.24) is 5.32 Å². The molecule has 3 aromatic rings.